The third-order valence-corrected chi connectivity index (χ3v) is 2.67. The van der Waals surface area contributed by atoms with E-state index in [0.29, 0.717) is 5.28 Å². The molecule has 2 heterocycles. The highest BCUT2D eigenvalue weighted by Gasteiger charge is 2.06. The quantitative estimate of drug-likeness (QED) is 0.728. The van der Waals surface area contributed by atoms with Crippen LogP contribution in [0.1, 0.15) is 5.56 Å². The van der Waals surface area contributed by atoms with Crippen LogP contribution in [0.3, 0.4) is 0 Å². The molecule has 66 valence electrons. The van der Waals surface area contributed by atoms with Crippen molar-refractivity contribution in [2.75, 3.05) is 0 Å². The van der Waals surface area contributed by atoms with E-state index < -0.39 is 0 Å². The summed E-state index contributed by atoms with van der Waals surface area (Å²) < 4.78 is 3.91. The van der Waals surface area contributed by atoms with E-state index in [9.17, 15) is 0 Å². The molecule has 0 saturated carbocycles. The highest BCUT2D eigenvalue weighted by Crippen LogP contribution is 2.24. The highest BCUT2D eigenvalue weighted by atomic mass is 35.5. The van der Waals surface area contributed by atoms with E-state index in [0.717, 1.165) is 16.1 Å². The van der Waals surface area contributed by atoms with Crippen LogP contribution >= 0.6 is 23.1 Å². The minimum atomic E-state index is 0.302. The smallest absolute Gasteiger partial charge is 0.234 e. The molecule has 2 aromatic rings. The first-order chi connectivity index (χ1) is 6.27. The van der Waals surface area contributed by atoms with Crippen LogP contribution < -0.4 is 0 Å². The van der Waals surface area contributed by atoms with Crippen molar-refractivity contribution in [3.05, 3.63) is 29.3 Å². The fourth-order valence-corrected chi connectivity index (χ4v) is 1.92. The maximum absolute atomic E-state index is 5.64. The Morgan fingerprint density at radius 3 is 2.92 bits per heavy atom. The molecule has 13 heavy (non-hydrogen) atoms. The number of rotatable bonds is 1. The molecule has 0 fully saturated rings. The van der Waals surface area contributed by atoms with Crippen LogP contribution in [-0.4, -0.2) is 14.3 Å². The van der Waals surface area contributed by atoms with E-state index in [1.54, 1.807) is 12.4 Å². The molecule has 2 aromatic heterocycles. The predicted octanol–water partition coefficient (Wildman–Crippen LogP) is 2.56. The molecule has 0 aliphatic heterocycles. The number of halogens is 1. The Hall–Kier alpha value is -1.00. The fourth-order valence-electron chi connectivity index (χ4n) is 1.03. The Balaban J connectivity index is 2.52. The Bertz CT molecular complexity index is 427. The van der Waals surface area contributed by atoms with Crippen LogP contribution in [0.2, 0.25) is 5.28 Å². The molecule has 5 heteroatoms. The monoisotopic (exact) mass is 211 g/mol. The summed E-state index contributed by atoms with van der Waals surface area (Å²) >= 11 is 6.93. The van der Waals surface area contributed by atoms with Crippen molar-refractivity contribution in [2.45, 2.75) is 6.92 Å². The number of aromatic nitrogens is 3. The maximum Gasteiger partial charge on any atom is 0.234 e. The zero-order chi connectivity index (χ0) is 9.26. The van der Waals surface area contributed by atoms with Crippen molar-refractivity contribution in [3.63, 3.8) is 0 Å². The van der Waals surface area contributed by atoms with Crippen molar-refractivity contribution < 1.29 is 0 Å². The van der Waals surface area contributed by atoms with E-state index >= 15 is 0 Å². The highest BCUT2D eigenvalue weighted by molar-refractivity contribution is 7.09. The van der Waals surface area contributed by atoms with Crippen LogP contribution in [0.15, 0.2) is 18.5 Å². The summed E-state index contributed by atoms with van der Waals surface area (Å²) in [6, 6.07) is 1.91. The molecule has 0 aliphatic carbocycles. The second kappa shape index (κ2) is 3.40. The first-order valence-electron chi connectivity index (χ1n) is 3.67. The van der Waals surface area contributed by atoms with Crippen molar-refractivity contribution in [2.24, 2.45) is 0 Å². The Labute approximate surface area is 84.6 Å². The molecule has 0 aromatic carbocycles. The zero-order valence-corrected chi connectivity index (χ0v) is 8.43. The summed E-state index contributed by atoms with van der Waals surface area (Å²) in [6.07, 6.45) is 3.53. The number of nitrogens with zero attached hydrogens (tertiary/aromatic N) is 3. The van der Waals surface area contributed by atoms with Gasteiger partial charge in [-0.2, -0.15) is 4.37 Å². The SMILES string of the molecule is Cc1cnccc1-c1nc(Cl)ns1. The van der Waals surface area contributed by atoms with Gasteiger partial charge in [0.2, 0.25) is 5.28 Å². The minimum absolute atomic E-state index is 0.302. The summed E-state index contributed by atoms with van der Waals surface area (Å²) in [4.78, 5) is 8.09. The number of aryl methyl sites for hydroxylation is 1. The number of hydrogen-bond donors (Lipinski definition) is 0. The fraction of sp³-hybridized carbons (Fsp3) is 0.125. The molecular weight excluding hydrogens is 206 g/mol. The van der Waals surface area contributed by atoms with Crippen LogP contribution in [-0.2, 0) is 0 Å². The lowest BCUT2D eigenvalue weighted by molar-refractivity contribution is 1.25. The van der Waals surface area contributed by atoms with Gasteiger partial charge in [-0.15, -0.1) is 0 Å². The van der Waals surface area contributed by atoms with Gasteiger partial charge in [-0.1, -0.05) is 0 Å². The van der Waals surface area contributed by atoms with Gasteiger partial charge in [-0.25, -0.2) is 4.98 Å². The molecule has 0 bridgehead atoms. The van der Waals surface area contributed by atoms with Gasteiger partial charge in [-0.3, -0.25) is 4.98 Å². The van der Waals surface area contributed by atoms with E-state index in [-0.39, 0.29) is 0 Å². The van der Waals surface area contributed by atoms with Crippen LogP contribution in [0, 0.1) is 6.92 Å². The Morgan fingerprint density at radius 1 is 1.46 bits per heavy atom. The summed E-state index contributed by atoms with van der Waals surface area (Å²) in [6.45, 7) is 1.98. The van der Waals surface area contributed by atoms with E-state index in [2.05, 4.69) is 14.3 Å². The predicted molar refractivity (Wildman–Crippen MR) is 52.9 cm³/mol. The Morgan fingerprint density at radius 2 is 2.31 bits per heavy atom. The topological polar surface area (TPSA) is 38.7 Å². The lowest BCUT2D eigenvalue weighted by Crippen LogP contribution is -1.82. The van der Waals surface area contributed by atoms with Gasteiger partial charge in [0.1, 0.15) is 5.01 Å². The standard InChI is InChI=1S/C8H6ClN3S/c1-5-4-10-3-2-6(5)7-11-8(9)12-13-7/h2-4H,1H3. The molecule has 0 atom stereocenters. The van der Waals surface area contributed by atoms with Crippen LogP contribution in [0.25, 0.3) is 10.6 Å². The van der Waals surface area contributed by atoms with Gasteiger partial charge < -0.3 is 0 Å². The van der Waals surface area contributed by atoms with E-state index in [4.69, 9.17) is 11.6 Å². The lowest BCUT2D eigenvalue weighted by atomic mass is 10.2. The molecule has 2 rings (SSSR count). The van der Waals surface area contributed by atoms with Crippen molar-refractivity contribution in [1.82, 2.24) is 14.3 Å². The third-order valence-electron chi connectivity index (χ3n) is 1.65. The van der Waals surface area contributed by atoms with Crippen molar-refractivity contribution >= 4 is 23.1 Å². The van der Waals surface area contributed by atoms with Gasteiger partial charge in [-0.05, 0) is 41.7 Å². The van der Waals surface area contributed by atoms with Gasteiger partial charge in [0.05, 0.1) is 0 Å². The molecule has 0 unspecified atom stereocenters. The second-order valence-corrected chi connectivity index (χ2v) is 3.65. The lowest BCUT2D eigenvalue weighted by Gasteiger charge is -1.97. The molecule has 0 amide bonds. The molecule has 0 saturated heterocycles. The zero-order valence-electron chi connectivity index (χ0n) is 6.86. The first-order valence-corrected chi connectivity index (χ1v) is 4.82. The van der Waals surface area contributed by atoms with Crippen LogP contribution in [0.5, 0.6) is 0 Å². The van der Waals surface area contributed by atoms with Crippen molar-refractivity contribution in [3.8, 4) is 10.6 Å². The molecule has 0 aliphatic rings. The van der Waals surface area contributed by atoms with Crippen molar-refractivity contribution in [1.29, 1.82) is 0 Å². The normalized spacial score (nSPS) is 10.3. The molecule has 3 nitrogen and oxygen atoms in total. The summed E-state index contributed by atoms with van der Waals surface area (Å²) in [5.41, 5.74) is 2.12. The molecule has 0 radical (unpaired) electrons. The number of pyridine rings is 1. The third kappa shape index (κ3) is 1.68. The Kier molecular flexibility index (Phi) is 2.24. The largest absolute Gasteiger partial charge is 0.264 e. The van der Waals surface area contributed by atoms with Gasteiger partial charge in [0.25, 0.3) is 0 Å². The summed E-state index contributed by atoms with van der Waals surface area (Å²) in [5.74, 6) is 0. The maximum atomic E-state index is 5.64. The second-order valence-electron chi connectivity index (χ2n) is 2.56. The summed E-state index contributed by atoms with van der Waals surface area (Å²) in [5, 5.41) is 1.14. The van der Waals surface area contributed by atoms with E-state index in [1.165, 1.54) is 11.5 Å². The van der Waals surface area contributed by atoms with Gasteiger partial charge >= 0.3 is 0 Å². The summed E-state index contributed by atoms with van der Waals surface area (Å²) in [7, 11) is 0. The average Bonchev–Trinajstić information content (AvgIpc) is 2.53. The average molecular weight is 212 g/mol. The first kappa shape index (κ1) is 8.59. The minimum Gasteiger partial charge on any atom is -0.264 e. The number of hydrogen-bond acceptors (Lipinski definition) is 4. The van der Waals surface area contributed by atoms with Gasteiger partial charge in [0, 0.05) is 18.0 Å². The molecule has 0 spiro atoms. The molecular formula is C8H6ClN3S. The van der Waals surface area contributed by atoms with E-state index in [1.807, 2.05) is 13.0 Å². The molecule has 0 N–H and O–H groups in total. The van der Waals surface area contributed by atoms with Gasteiger partial charge in [0.15, 0.2) is 0 Å². The van der Waals surface area contributed by atoms with Crippen LogP contribution in [0.4, 0.5) is 0 Å².